The summed E-state index contributed by atoms with van der Waals surface area (Å²) in [6.45, 7) is 1.04. The van der Waals surface area contributed by atoms with Gasteiger partial charge in [-0.3, -0.25) is 4.79 Å². The lowest BCUT2D eigenvalue weighted by atomic mass is 9.90. The van der Waals surface area contributed by atoms with Crippen LogP contribution in [0.2, 0.25) is 5.02 Å². The normalized spacial score (nSPS) is 18.4. The number of nitrogens with two attached hydrogens (primary N) is 1. The van der Waals surface area contributed by atoms with Gasteiger partial charge in [0.05, 0.1) is 10.7 Å². The van der Waals surface area contributed by atoms with E-state index >= 15 is 0 Å². The summed E-state index contributed by atoms with van der Waals surface area (Å²) in [5.74, 6) is -0.200. The molecule has 1 aliphatic rings. The van der Waals surface area contributed by atoms with Crippen molar-refractivity contribution in [1.29, 1.82) is 0 Å². The molecule has 0 radical (unpaired) electrons. The Bertz CT molecular complexity index is 461. The number of anilines is 1. The summed E-state index contributed by atoms with van der Waals surface area (Å²) < 4.78 is 6.24. The van der Waals surface area contributed by atoms with E-state index in [9.17, 15) is 4.79 Å². The first-order chi connectivity index (χ1) is 8.51. The predicted octanol–water partition coefficient (Wildman–Crippen LogP) is 2.39. The average Bonchev–Trinajstić information content (AvgIpc) is 2.33. The second-order valence-corrected chi connectivity index (χ2v) is 6.00. The molecule has 6 heteroatoms. The molecule has 2 rings (SSSR count). The highest BCUT2D eigenvalue weighted by Gasteiger charge is 2.36. The van der Waals surface area contributed by atoms with E-state index in [1.54, 1.807) is 12.1 Å². The van der Waals surface area contributed by atoms with E-state index in [4.69, 9.17) is 22.1 Å². The second kappa shape index (κ2) is 5.73. The molecule has 0 bridgehead atoms. The third kappa shape index (κ3) is 3.14. The zero-order chi connectivity index (χ0) is 13.2. The summed E-state index contributed by atoms with van der Waals surface area (Å²) in [4.78, 5) is 12.2. The fourth-order valence-corrected chi connectivity index (χ4v) is 2.70. The maximum absolute atomic E-state index is 12.2. The maximum Gasteiger partial charge on any atom is 0.244 e. The number of hydrogen-bond acceptors (Lipinski definition) is 3. The minimum Gasteiger partial charge on any atom is -0.381 e. The van der Waals surface area contributed by atoms with Crippen molar-refractivity contribution in [2.24, 2.45) is 5.73 Å². The Hall–Kier alpha value is -0.370. The van der Waals surface area contributed by atoms with Crippen LogP contribution >= 0.6 is 34.2 Å². The lowest BCUT2D eigenvalue weighted by Crippen LogP contribution is -2.54. The standard InChI is InChI=1S/C12H14ClIN2O2/c13-9-7-8(14)1-2-10(9)16-11(17)12(15)3-5-18-6-4-12/h1-2,7H,3-6,15H2,(H,16,17). The van der Waals surface area contributed by atoms with Crippen molar-refractivity contribution in [2.45, 2.75) is 18.4 Å². The van der Waals surface area contributed by atoms with E-state index in [1.807, 2.05) is 6.07 Å². The molecule has 1 aliphatic heterocycles. The minimum absolute atomic E-state index is 0.200. The summed E-state index contributed by atoms with van der Waals surface area (Å²) in [7, 11) is 0. The molecule has 0 aromatic heterocycles. The lowest BCUT2D eigenvalue weighted by molar-refractivity contribution is -0.124. The van der Waals surface area contributed by atoms with Crippen molar-refractivity contribution in [2.75, 3.05) is 18.5 Å². The number of rotatable bonds is 2. The molecule has 0 spiro atoms. The zero-order valence-corrected chi connectivity index (χ0v) is 12.6. The Balaban J connectivity index is 2.11. The van der Waals surface area contributed by atoms with Gasteiger partial charge in [0.25, 0.3) is 0 Å². The summed E-state index contributed by atoms with van der Waals surface area (Å²) >= 11 is 8.24. The van der Waals surface area contributed by atoms with Gasteiger partial charge in [-0.2, -0.15) is 0 Å². The predicted molar refractivity (Wildman–Crippen MR) is 79.8 cm³/mol. The number of carbonyl (C=O) groups is 1. The molecule has 4 nitrogen and oxygen atoms in total. The molecule has 1 aromatic rings. The first kappa shape index (κ1) is 14.0. The van der Waals surface area contributed by atoms with E-state index in [0.717, 1.165) is 3.57 Å². The van der Waals surface area contributed by atoms with E-state index in [2.05, 4.69) is 27.9 Å². The van der Waals surface area contributed by atoms with Crippen LogP contribution in [0.25, 0.3) is 0 Å². The quantitative estimate of drug-likeness (QED) is 0.775. The molecule has 1 fully saturated rings. The Morgan fingerprint density at radius 1 is 1.44 bits per heavy atom. The van der Waals surface area contributed by atoms with Crippen molar-refractivity contribution in [3.05, 3.63) is 26.8 Å². The lowest BCUT2D eigenvalue weighted by Gasteiger charge is -2.31. The zero-order valence-electron chi connectivity index (χ0n) is 9.71. The first-order valence-electron chi connectivity index (χ1n) is 5.64. The fourth-order valence-electron chi connectivity index (χ4n) is 1.80. The Labute approximate surface area is 124 Å². The summed E-state index contributed by atoms with van der Waals surface area (Å²) in [5.41, 5.74) is 5.83. The van der Waals surface area contributed by atoms with Crippen LogP contribution in [0.3, 0.4) is 0 Å². The Morgan fingerprint density at radius 3 is 2.72 bits per heavy atom. The summed E-state index contributed by atoms with van der Waals surface area (Å²) in [6, 6.07) is 5.46. The van der Waals surface area contributed by atoms with Crippen LogP contribution in [0.4, 0.5) is 5.69 Å². The number of benzene rings is 1. The Kier molecular flexibility index (Phi) is 4.47. The van der Waals surface area contributed by atoms with E-state index in [0.29, 0.717) is 36.8 Å². The number of hydrogen-bond donors (Lipinski definition) is 2. The maximum atomic E-state index is 12.2. The van der Waals surface area contributed by atoms with Crippen LogP contribution in [0.5, 0.6) is 0 Å². The molecule has 98 valence electrons. The van der Waals surface area contributed by atoms with Crippen LogP contribution in [-0.2, 0) is 9.53 Å². The van der Waals surface area contributed by atoms with Crippen LogP contribution < -0.4 is 11.1 Å². The molecule has 1 heterocycles. The third-order valence-electron chi connectivity index (χ3n) is 3.02. The van der Waals surface area contributed by atoms with E-state index in [-0.39, 0.29) is 5.91 Å². The molecule has 0 saturated carbocycles. The molecule has 18 heavy (non-hydrogen) atoms. The molecule has 1 saturated heterocycles. The fraction of sp³-hybridized carbons (Fsp3) is 0.417. The van der Waals surface area contributed by atoms with Gasteiger partial charge in [-0.25, -0.2) is 0 Å². The van der Waals surface area contributed by atoms with Gasteiger partial charge < -0.3 is 15.8 Å². The molecule has 0 unspecified atom stereocenters. The topological polar surface area (TPSA) is 64.4 Å². The van der Waals surface area contributed by atoms with Crippen molar-refractivity contribution >= 4 is 45.8 Å². The number of carbonyl (C=O) groups excluding carboxylic acids is 1. The number of ether oxygens (including phenoxy) is 1. The second-order valence-electron chi connectivity index (χ2n) is 4.35. The smallest absolute Gasteiger partial charge is 0.244 e. The van der Waals surface area contributed by atoms with Crippen LogP contribution in [0.15, 0.2) is 18.2 Å². The van der Waals surface area contributed by atoms with Crippen LogP contribution in [0, 0.1) is 3.57 Å². The average molecular weight is 381 g/mol. The monoisotopic (exact) mass is 380 g/mol. The molecule has 0 aliphatic carbocycles. The Morgan fingerprint density at radius 2 is 2.11 bits per heavy atom. The van der Waals surface area contributed by atoms with Gasteiger partial charge in [0.1, 0.15) is 5.54 Å². The van der Waals surface area contributed by atoms with Crippen molar-refractivity contribution < 1.29 is 9.53 Å². The molecular formula is C12H14ClIN2O2. The summed E-state index contributed by atoms with van der Waals surface area (Å²) in [6.07, 6.45) is 1.06. The first-order valence-corrected chi connectivity index (χ1v) is 7.10. The van der Waals surface area contributed by atoms with Crippen LogP contribution in [-0.4, -0.2) is 24.7 Å². The van der Waals surface area contributed by atoms with E-state index < -0.39 is 5.54 Å². The van der Waals surface area contributed by atoms with Gasteiger partial charge in [-0.05, 0) is 53.6 Å². The molecule has 1 aromatic carbocycles. The van der Waals surface area contributed by atoms with Gasteiger partial charge in [-0.15, -0.1) is 0 Å². The summed E-state index contributed by atoms with van der Waals surface area (Å²) in [5, 5.41) is 3.31. The van der Waals surface area contributed by atoms with Crippen molar-refractivity contribution in [3.8, 4) is 0 Å². The number of nitrogens with one attached hydrogen (secondary N) is 1. The van der Waals surface area contributed by atoms with Crippen molar-refractivity contribution in [1.82, 2.24) is 0 Å². The molecule has 0 atom stereocenters. The van der Waals surface area contributed by atoms with Gasteiger partial charge in [0, 0.05) is 16.8 Å². The van der Waals surface area contributed by atoms with Crippen molar-refractivity contribution in [3.63, 3.8) is 0 Å². The highest BCUT2D eigenvalue weighted by molar-refractivity contribution is 14.1. The molecular weight excluding hydrogens is 367 g/mol. The third-order valence-corrected chi connectivity index (χ3v) is 4.00. The number of amides is 1. The van der Waals surface area contributed by atoms with E-state index in [1.165, 1.54) is 0 Å². The highest BCUT2D eigenvalue weighted by Crippen LogP contribution is 2.26. The van der Waals surface area contributed by atoms with Gasteiger partial charge in [0.2, 0.25) is 5.91 Å². The van der Waals surface area contributed by atoms with Crippen LogP contribution in [0.1, 0.15) is 12.8 Å². The minimum atomic E-state index is -0.857. The SMILES string of the molecule is NC1(C(=O)Nc2ccc(I)cc2Cl)CCOCC1. The number of halogens is 2. The van der Waals surface area contributed by atoms with Gasteiger partial charge in [0.15, 0.2) is 0 Å². The van der Waals surface area contributed by atoms with Gasteiger partial charge >= 0.3 is 0 Å². The molecule has 1 amide bonds. The largest absolute Gasteiger partial charge is 0.381 e. The molecule has 3 N–H and O–H groups in total. The van der Waals surface area contributed by atoms with Gasteiger partial charge in [-0.1, -0.05) is 11.6 Å². The highest BCUT2D eigenvalue weighted by atomic mass is 127.